The number of hydrogen-bond acceptors (Lipinski definition) is 4. The SMILES string of the molecule is C=CCC(C(N)=O)C(O)C(CC1CCCCC1)NC(=O)OC(C)(C)C. The summed E-state index contributed by atoms with van der Waals surface area (Å²) in [5.74, 6) is -0.950. The van der Waals surface area contributed by atoms with Gasteiger partial charge in [0.2, 0.25) is 5.91 Å². The van der Waals surface area contributed by atoms with Crippen molar-refractivity contribution in [2.24, 2.45) is 17.6 Å². The van der Waals surface area contributed by atoms with Crippen LogP contribution < -0.4 is 11.1 Å². The molecule has 0 aromatic rings. The van der Waals surface area contributed by atoms with Gasteiger partial charge in [0.15, 0.2) is 0 Å². The van der Waals surface area contributed by atoms with E-state index >= 15 is 0 Å². The van der Waals surface area contributed by atoms with E-state index in [1.54, 1.807) is 26.8 Å². The van der Waals surface area contributed by atoms with Gasteiger partial charge < -0.3 is 20.9 Å². The van der Waals surface area contributed by atoms with Crippen LogP contribution in [0, 0.1) is 11.8 Å². The zero-order valence-corrected chi connectivity index (χ0v) is 15.8. The summed E-state index contributed by atoms with van der Waals surface area (Å²) in [5, 5.41) is 13.5. The first-order valence-electron chi connectivity index (χ1n) is 9.22. The smallest absolute Gasteiger partial charge is 0.407 e. The zero-order chi connectivity index (χ0) is 19.0. The number of aliphatic hydroxyl groups excluding tert-OH is 1. The van der Waals surface area contributed by atoms with E-state index in [1.165, 1.54) is 6.42 Å². The molecule has 0 radical (unpaired) electrons. The highest BCUT2D eigenvalue weighted by Gasteiger charge is 2.34. The maximum absolute atomic E-state index is 12.2. The fraction of sp³-hybridized carbons (Fsp3) is 0.789. The molecule has 0 aromatic heterocycles. The van der Waals surface area contributed by atoms with Gasteiger partial charge in [0.25, 0.3) is 0 Å². The fourth-order valence-electron chi connectivity index (χ4n) is 3.41. The van der Waals surface area contributed by atoms with Crippen LogP contribution in [0.2, 0.25) is 0 Å². The number of nitrogens with one attached hydrogen (secondary N) is 1. The molecule has 0 aromatic carbocycles. The zero-order valence-electron chi connectivity index (χ0n) is 15.8. The van der Waals surface area contributed by atoms with Gasteiger partial charge >= 0.3 is 6.09 Å². The summed E-state index contributed by atoms with van der Waals surface area (Å²) in [6.07, 6.45) is 6.48. The number of alkyl carbamates (subject to hydrolysis) is 1. The maximum atomic E-state index is 12.2. The number of primary amides is 1. The second-order valence-corrected chi connectivity index (χ2v) is 8.02. The fourth-order valence-corrected chi connectivity index (χ4v) is 3.41. The molecule has 6 nitrogen and oxygen atoms in total. The molecule has 1 fully saturated rings. The van der Waals surface area contributed by atoms with E-state index in [0.29, 0.717) is 12.3 Å². The van der Waals surface area contributed by atoms with Crippen LogP contribution in [-0.2, 0) is 9.53 Å². The van der Waals surface area contributed by atoms with E-state index in [9.17, 15) is 14.7 Å². The first-order chi connectivity index (χ1) is 11.6. The number of hydrogen-bond donors (Lipinski definition) is 3. The van der Waals surface area contributed by atoms with E-state index in [4.69, 9.17) is 10.5 Å². The minimum atomic E-state index is -1.06. The van der Waals surface area contributed by atoms with Crippen molar-refractivity contribution >= 4 is 12.0 Å². The molecule has 6 heteroatoms. The van der Waals surface area contributed by atoms with Crippen LogP contribution in [0.1, 0.15) is 65.7 Å². The minimum absolute atomic E-state index is 0.271. The molecule has 3 atom stereocenters. The van der Waals surface area contributed by atoms with Crippen LogP contribution >= 0.6 is 0 Å². The lowest BCUT2D eigenvalue weighted by molar-refractivity contribution is -0.126. The second-order valence-electron chi connectivity index (χ2n) is 8.02. The summed E-state index contributed by atoms with van der Waals surface area (Å²) in [5.41, 5.74) is 4.81. The molecular weight excluding hydrogens is 320 g/mol. The topological polar surface area (TPSA) is 102 Å². The Morgan fingerprint density at radius 2 is 1.92 bits per heavy atom. The van der Waals surface area contributed by atoms with Crippen LogP contribution in [0.5, 0.6) is 0 Å². The van der Waals surface area contributed by atoms with Crippen molar-refractivity contribution in [1.29, 1.82) is 0 Å². The number of carbonyl (C=O) groups excluding carboxylic acids is 2. The lowest BCUT2D eigenvalue weighted by Crippen LogP contribution is -2.51. The quantitative estimate of drug-likeness (QED) is 0.583. The molecular formula is C19H34N2O4. The van der Waals surface area contributed by atoms with Gasteiger partial charge in [-0.3, -0.25) is 4.79 Å². The molecule has 0 aliphatic heterocycles. The summed E-state index contributed by atoms with van der Waals surface area (Å²) < 4.78 is 5.31. The van der Waals surface area contributed by atoms with Crippen molar-refractivity contribution in [2.75, 3.05) is 0 Å². The molecule has 0 spiro atoms. The average Bonchev–Trinajstić information content (AvgIpc) is 2.50. The number of rotatable bonds is 8. The molecule has 4 N–H and O–H groups in total. The van der Waals surface area contributed by atoms with Gasteiger partial charge in [-0.2, -0.15) is 0 Å². The number of ether oxygens (including phenoxy) is 1. The Balaban J connectivity index is 2.85. The number of carbonyl (C=O) groups is 2. The van der Waals surface area contributed by atoms with E-state index in [1.807, 2.05) is 0 Å². The summed E-state index contributed by atoms with van der Waals surface area (Å²) >= 11 is 0. The Morgan fingerprint density at radius 1 is 1.32 bits per heavy atom. The van der Waals surface area contributed by atoms with Gasteiger partial charge in [0, 0.05) is 0 Å². The molecule has 1 aliphatic carbocycles. The van der Waals surface area contributed by atoms with Gasteiger partial charge in [-0.15, -0.1) is 6.58 Å². The number of allylic oxidation sites excluding steroid dienone is 1. The second kappa shape index (κ2) is 9.80. The molecule has 0 heterocycles. The minimum Gasteiger partial charge on any atom is -0.444 e. The van der Waals surface area contributed by atoms with Crippen molar-refractivity contribution in [3.63, 3.8) is 0 Å². The predicted octanol–water partition coefficient (Wildman–Crippen LogP) is 2.89. The van der Waals surface area contributed by atoms with E-state index < -0.39 is 35.7 Å². The van der Waals surface area contributed by atoms with Crippen LogP contribution in [-0.4, -0.2) is 34.9 Å². The third-order valence-corrected chi connectivity index (χ3v) is 4.62. The standard InChI is InChI=1S/C19H34N2O4/c1-5-9-14(17(20)23)16(22)15(12-13-10-7-6-8-11-13)21-18(24)25-19(2,3)4/h5,13-16,22H,1,6-12H2,2-4H3,(H2,20,23)(H,21,24). The first-order valence-corrected chi connectivity index (χ1v) is 9.22. The summed E-state index contributed by atoms with van der Waals surface area (Å²) in [7, 11) is 0. The van der Waals surface area contributed by atoms with Gasteiger partial charge in [-0.25, -0.2) is 4.79 Å². The van der Waals surface area contributed by atoms with Gasteiger partial charge in [-0.1, -0.05) is 38.2 Å². The van der Waals surface area contributed by atoms with Gasteiger partial charge in [0.05, 0.1) is 18.1 Å². The Kier molecular flexibility index (Phi) is 8.42. The molecule has 2 amide bonds. The largest absolute Gasteiger partial charge is 0.444 e. The molecule has 3 unspecified atom stereocenters. The monoisotopic (exact) mass is 354 g/mol. The molecule has 0 saturated heterocycles. The molecule has 0 bridgehead atoms. The molecule has 1 saturated carbocycles. The van der Waals surface area contributed by atoms with Crippen molar-refractivity contribution < 1.29 is 19.4 Å². The van der Waals surface area contributed by atoms with Crippen molar-refractivity contribution in [3.8, 4) is 0 Å². The van der Waals surface area contributed by atoms with Crippen LogP contribution in [0.3, 0.4) is 0 Å². The van der Waals surface area contributed by atoms with Gasteiger partial charge in [-0.05, 0) is 39.5 Å². The molecule has 1 aliphatic rings. The van der Waals surface area contributed by atoms with Crippen LogP contribution in [0.25, 0.3) is 0 Å². The van der Waals surface area contributed by atoms with Gasteiger partial charge in [0.1, 0.15) is 5.60 Å². The van der Waals surface area contributed by atoms with Crippen molar-refractivity contribution in [3.05, 3.63) is 12.7 Å². The number of amides is 2. The van der Waals surface area contributed by atoms with E-state index in [0.717, 1.165) is 25.7 Å². The predicted molar refractivity (Wildman–Crippen MR) is 97.9 cm³/mol. The molecule has 25 heavy (non-hydrogen) atoms. The third kappa shape index (κ3) is 7.90. The Morgan fingerprint density at radius 3 is 2.40 bits per heavy atom. The normalized spacial score (nSPS) is 19.5. The summed E-state index contributed by atoms with van der Waals surface area (Å²) in [6.45, 7) is 8.96. The maximum Gasteiger partial charge on any atom is 0.407 e. The Labute approximate surface area is 151 Å². The third-order valence-electron chi connectivity index (χ3n) is 4.62. The average molecular weight is 354 g/mol. The molecule has 1 rings (SSSR count). The summed E-state index contributed by atoms with van der Waals surface area (Å²) in [6, 6.07) is -0.574. The van der Waals surface area contributed by atoms with E-state index in [2.05, 4.69) is 11.9 Å². The highest BCUT2D eigenvalue weighted by Crippen LogP contribution is 2.29. The lowest BCUT2D eigenvalue weighted by Gasteiger charge is -2.33. The lowest BCUT2D eigenvalue weighted by atomic mass is 9.81. The number of nitrogens with two attached hydrogens (primary N) is 1. The summed E-state index contributed by atoms with van der Waals surface area (Å²) in [4.78, 5) is 23.9. The Bertz CT molecular complexity index is 453. The van der Waals surface area contributed by atoms with Crippen LogP contribution in [0.15, 0.2) is 12.7 Å². The molecule has 144 valence electrons. The van der Waals surface area contributed by atoms with Crippen LogP contribution in [0.4, 0.5) is 4.79 Å². The highest BCUT2D eigenvalue weighted by atomic mass is 16.6. The highest BCUT2D eigenvalue weighted by molar-refractivity contribution is 5.77. The Hall–Kier alpha value is -1.56. The van der Waals surface area contributed by atoms with Crippen molar-refractivity contribution in [1.82, 2.24) is 5.32 Å². The van der Waals surface area contributed by atoms with E-state index in [-0.39, 0.29) is 6.42 Å². The van der Waals surface area contributed by atoms with Crippen molar-refractivity contribution in [2.45, 2.75) is 83.5 Å². The first kappa shape index (κ1) is 21.5. The number of aliphatic hydroxyl groups is 1.